The maximum atomic E-state index is 4.84. The van der Waals surface area contributed by atoms with Crippen molar-refractivity contribution in [2.75, 3.05) is 0 Å². The van der Waals surface area contributed by atoms with Crippen LogP contribution in [0.1, 0.15) is 38.3 Å². The third-order valence-electron chi connectivity index (χ3n) is 7.34. The van der Waals surface area contributed by atoms with Gasteiger partial charge in [-0.1, -0.05) is 80.6 Å². The van der Waals surface area contributed by atoms with Gasteiger partial charge in [-0.05, 0) is 66.4 Å². The number of pyridine rings is 1. The molecule has 0 N–H and O–H groups in total. The van der Waals surface area contributed by atoms with Crippen LogP contribution in [0.2, 0.25) is 0 Å². The van der Waals surface area contributed by atoms with Gasteiger partial charge in [0.2, 0.25) is 0 Å². The van der Waals surface area contributed by atoms with Gasteiger partial charge in [0.1, 0.15) is 0 Å². The fourth-order valence-corrected chi connectivity index (χ4v) is 9.16. The van der Waals surface area contributed by atoms with Gasteiger partial charge in [0, 0.05) is 17.8 Å². The zero-order valence-electron chi connectivity index (χ0n) is 16.7. The summed E-state index contributed by atoms with van der Waals surface area (Å²) < 4.78 is 0. The zero-order valence-corrected chi connectivity index (χ0v) is 17.6. The Kier molecular flexibility index (Phi) is 4.60. The Balaban J connectivity index is 1.65. The van der Waals surface area contributed by atoms with Crippen LogP contribution in [-0.2, 0) is 0 Å². The van der Waals surface area contributed by atoms with E-state index in [2.05, 4.69) is 86.6 Å². The van der Waals surface area contributed by atoms with Crippen LogP contribution in [-0.4, -0.2) is 10.6 Å². The molecule has 1 aromatic heterocycles. The number of nitrogens with zero attached hydrogens (tertiary/aromatic N) is 1. The smallest absolute Gasteiger partial charge is 0.0441 e. The van der Waals surface area contributed by atoms with Gasteiger partial charge in [-0.25, -0.2) is 0 Å². The maximum Gasteiger partial charge on any atom is 0.0441 e. The molecule has 1 heterocycles. The highest BCUT2D eigenvalue weighted by Crippen LogP contribution is 2.69. The lowest BCUT2D eigenvalue weighted by Gasteiger charge is -2.64. The van der Waals surface area contributed by atoms with E-state index >= 15 is 0 Å². The SMILES string of the molecule is CC1(C)C2CC1C(P(c1ccccc1)c1ccccc1)[C@@H](c1ccccn1)C2. The van der Waals surface area contributed by atoms with E-state index in [0.717, 1.165) is 11.8 Å². The molecule has 3 aliphatic rings. The Morgan fingerprint density at radius 2 is 1.39 bits per heavy atom. The fraction of sp³-hybridized carbons (Fsp3) is 0.346. The second-order valence-electron chi connectivity index (χ2n) is 8.99. The normalized spacial score (nSPS) is 28.0. The molecule has 28 heavy (non-hydrogen) atoms. The van der Waals surface area contributed by atoms with Crippen molar-refractivity contribution in [2.24, 2.45) is 17.3 Å². The summed E-state index contributed by atoms with van der Waals surface area (Å²) in [5.74, 6) is 2.17. The predicted octanol–water partition coefficient (Wildman–Crippen LogP) is 5.73. The molecule has 2 heteroatoms. The molecule has 3 aliphatic carbocycles. The molecule has 6 rings (SSSR count). The first kappa shape index (κ1) is 18.1. The van der Waals surface area contributed by atoms with Crippen molar-refractivity contribution in [3.05, 3.63) is 90.8 Å². The molecule has 2 aromatic carbocycles. The Hall–Kier alpha value is -1.98. The van der Waals surface area contributed by atoms with E-state index in [1.807, 2.05) is 12.3 Å². The highest BCUT2D eigenvalue weighted by Gasteiger charge is 2.60. The van der Waals surface area contributed by atoms with Crippen LogP contribution in [0.25, 0.3) is 0 Å². The first-order valence-electron chi connectivity index (χ1n) is 10.5. The highest BCUT2D eigenvalue weighted by molar-refractivity contribution is 7.73. The average Bonchev–Trinajstić information content (AvgIpc) is 2.76. The predicted molar refractivity (Wildman–Crippen MR) is 120 cm³/mol. The molecule has 142 valence electrons. The van der Waals surface area contributed by atoms with Gasteiger partial charge >= 0.3 is 0 Å². The van der Waals surface area contributed by atoms with Gasteiger partial charge in [0.25, 0.3) is 0 Å². The van der Waals surface area contributed by atoms with Crippen LogP contribution in [0.4, 0.5) is 0 Å². The van der Waals surface area contributed by atoms with Gasteiger partial charge in [0.05, 0.1) is 0 Å². The number of aromatic nitrogens is 1. The molecule has 2 bridgehead atoms. The summed E-state index contributed by atoms with van der Waals surface area (Å²) in [6, 6.07) is 29.0. The summed E-state index contributed by atoms with van der Waals surface area (Å²) >= 11 is 0. The summed E-state index contributed by atoms with van der Waals surface area (Å²) in [5.41, 5.74) is 2.40. The fourth-order valence-electron chi connectivity index (χ4n) is 5.68. The van der Waals surface area contributed by atoms with Crippen molar-refractivity contribution >= 4 is 18.5 Å². The van der Waals surface area contributed by atoms with E-state index in [4.69, 9.17) is 4.98 Å². The monoisotopic (exact) mass is 385 g/mol. The molecular formula is C26H28NP. The molecule has 1 nitrogen and oxygen atoms in total. The lowest BCUT2D eigenvalue weighted by Crippen LogP contribution is -2.58. The Bertz CT molecular complexity index is 883. The van der Waals surface area contributed by atoms with Crippen molar-refractivity contribution in [1.29, 1.82) is 0 Å². The molecule has 3 saturated carbocycles. The van der Waals surface area contributed by atoms with Crippen LogP contribution >= 0.6 is 7.92 Å². The number of hydrogen-bond donors (Lipinski definition) is 0. The van der Waals surface area contributed by atoms with Crippen LogP contribution in [0.5, 0.6) is 0 Å². The van der Waals surface area contributed by atoms with Crippen molar-refractivity contribution in [3.63, 3.8) is 0 Å². The van der Waals surface area contributed by atoms with Gasteiger partial charge in [-0.15, -0.1) is 0 Å². The first-order valence-corrected chi connectivity index (χ1v) is 11.9. The number of fused-ring (bicyclic) bond motifs is 2. The third kappa shape index (κ3) is 2.92. The summed E-state index contributed by atoms with van der Waals surface area (Å²) in [6.07, 6.45) is 4.65. The van der Waals surface area contributed by atoms with Crippen molar-refractivity contribution in [1.82, 2.24) is 4.98 Å². The van der Waals surface area contributed by atoms with E-state index in [1.165, 1.54) is 29.1 Å². The summed E-state index contributed by atoms with van der Waals surface area (Å²) in [4.78, 5) is 4.84. The molecule has 0 radical (unpaired) electrons. The zero-order chi connectivity index (χ0) is 19.1. The molecule has 0 aliphatic heterocycles. The van der Waals surface area contributed by atoms with Gasteiger partial charge in [-0.2, -0.15) is 0 Å². The van der Waals surface area contributed by atoms with Gasteiger partial charge < -0.3 is 0 Å². The van der Waals surface area contributed by atoms with Gasteiger partial charge in [0.15, 0.2) is 0 Å². The number of hydrogen-bond acceptors (Lipinski definition) is 1. The van der Waals surface area contributed by atoms with Crippen LogP contribution in [0.15, 0.2) is 85.1 Å². The lowest BCUT2D eigenvalue weighted by atomic mass is 9.46. The molecule has 0 amide bonds. The molecule has 3 aromatic rings. The molecule has 4 atom stereocenters. The quantitative estimate of drug-likeness (QED) is 0.523. The highest BCUT2D eigenvalue weighted by atomic mass is 31.1. The lowest BCUT2D eigenvalue weighted by molar-refractivity contribution is -0.0704. The Labute approximate surface area is 170 Å². The molecule has 3 fully saturated rings. The third-order valence-corrected chi connectivity index (χ3v) is 10.4. The van der Waals surface area contributed by atoms with E-state index in [0.29, 0.717) is 17.0 Å². The topological polar surface area (TPSA) is 12.9 Å². The summed E-state index contributed by atoms with van der Waals surface area (Å²) in [7, 11) is -0.432. The molecule has 0 spiro atoms. The van der Waals surface area contributed by atoms with Gasteiger partial charge in [-0.3, -0.25) is 4.98 Å². The van der Waals surface area contributed by atoms with E-state index in [9.17, 15) is 0 Å². The molecular weight excluding hydrogens is 357 g/mol. The number of rotatable bonds is 4. The first-order chi connectivity index (χ1) is 13.7. The second-order valence-corrected chi connectivity index (χ2v) is 11.4. The van der Waals surface area contributed by atoms with E-state index < -0.39 is 7.92 Å². The molecule has 0 saturated heterocycles. The number of benzene rings is 2. The minimum absolute atomic E-state index is 0.432. The average molecular weight is 385 g/mol. The Morgan fingerprint density at radius 3 is 1.93 bits per heavy atom. The molecule has 3 unspecified atom stereocenters. The van der Waals surface area contributed by atoms with Crippen LogP contribution in [0.3, 0.4) is 0 Å². The van der Waals surface area contributed by atoms with Crippen LogP contribution < -0.4 is 10.6 Å². The van der Waals surface area contributed by atoms with E-state index in [-0.39, 0.29) is 0 Å². The standard InChI is InChI=1S/C26H28NP/c1-26(2)19-17-22(24-15-9-10-16-27-24)25(23(26)18-19)28(20-11-5-3-6-12-20)21-13-7-4-8-14-21/h3-16,19,22-23,25H,17-18H2,1-2H3/t19?,22-,23?,25?/m1/s1. The summed E-state index contributed by atoms with van der Waals surface area (Å²) in [5, 5.41) is 3.02. The van der Waals surface area contributed by atoms with Crippen LogP contribution in [0, 0.1) is 17.3 Å². The largest absolute Gasteiger partial charge is 0.261 e. The minimum atomic E-state index is -0.432. The maximum absolute atomic E-state index is 4.84. The summed E-state index contributed by atoms with van der Waals surface area (Å²) in [6.45, 7) is 5.02. The second kappa shape index (κ2) is 7.12. The van der Waals surface area contributed by atoms with E-state index in [1.54, 1.807) is 0 Å². The van der Waals surface area contributed by atoms with Crippen molar-refractivity contribution < 1.29 is 0 Å². The van der Waals surface area contributed by atoms with Crippen molar-refractivity contribution in [2.45, 2.75) is 38.3 Å². The minimum Gasteiger partial charge on any atom is -0.261 e. The van der Waals surface area contributed by atoms with Crippen molar-refractivity contribution in [3.8, 4) is 0 Å². The Morgan fingerprint density at radius 1 is 0.786 bits per heavy atom.